The number of fused-ring (bicyclic) bond motifs is 1. The molecule has 7 heteroatoms. The molecule has 1 aromatic heterocycles. The molecule has 3 aromatic carbocycles. The summed E-state index contributed by atoms with van der Waals surface area (Å²) in [6, 6.07) is 26.2. The molecule has 0 bridgehead atoms. The van der Waals surface area contributed by atoms with Crippen molar-refractivity contribution >= 4 is 26.9 Å². The van der Waals surface area contributed by atoms with Crippen LogP contribution in [0.1, 0.15) is 16.8 Å². The number of aliphatic carboxylic acids is 1. The van der Waals surface area contributed by atoms with E-state index in [-0.39, 0.29) is 11.3 Å². The molecule has 0 aliphatic rings. The molecular weight excluding hydrogens is 436 g/mol. The number of pyridine rings is 1. The molecule has 0 amide bonds. The fraction of sp³-hybridized carbons (Fsp3) is 0.154. The Morgan fingerprint density at radius 2 is 1.58 bits per heavy atom. The van der Waals surface area contributed by atoms with Gasteiger partial charge in [0.05, 0.1) is 10.4 Å². The molecule has 0 spiro atoms. The number of carboxylic acid groups (broad SMARTS) is 1. The number of rotatable bonds is 9. The van der Waals surface area contributed by atoms with Gasteiger partial charge in [0, 0.05) is 11.1 Å². The minimum Gasteiger partial charge on any atom is -0.480 e. The van der Waals surface area contributed by atoms with Gasteiger partial charge in [0.15, 0.2) is 0 Å². The first-order chi connectivity index (χ1) is 15.9. The largest absolute Gasteiger partial charge is 0.480 e. The summed E-state index contributed by atoms with van der Waals surface area (Å²) in [6.45, 7) is 0. The Balaban J connectivity index is 1.47. The highest BCUT2D eigenvalue weighted by Crippen LogP contribution is 2.17. The Morgan fingerprint density at radius 1 is 0.848 bits per heavy atom. The van der Waals surface area contributed by atoms with Gasteiger partial charge in [0.25, 0.3) is 0 Å². The van der Waals surface area contributed by atoms with Crippen LogP contribution in [0.3, 0.4) is 0 Å². The van der Waals surface area contributed by atoms with Crippen LogP contribution < -0.4 is 4.72 Å². The van der Waals surface area contributed by atoms with Crippen LogP contribution in [0, 0.1) is 0 Å². The Labute approximate surface area is 193 Å². The summed E-state index contributed by atoms with van der Waals surface area (Å²) >= 11 is 0. The van der Waals surface area contributed by atoms with Crippen LogP contribution in [0.15, 0.2) is 95.9 Å². The van der Waals surface area contributed by atoms with Gasteiger partial charge in [-0.05, 0) is 54.7 Å². The fourth-order valence-electron chi connectivity index (χ4n) is 3.67. The number of aryl methyl sites for hydroxylation is 2. The van der Waals surface area contributed by atoms with Crippen molar-refractivity contribution < 1.29 is 18.3 Å². The maximum atomic E-state index is 12.9. The third kappa shape index (κ3) is 5.83. The minimum atomic E-state index is -4.01. The zero-order valence-corrected chi connectivity index (χ0v) is 18.7. The van der Waals surface area contributed by atoms with Crippen LogP contribution in [0.25, 0.3) is 10.9 Å². The first kappa shape index (κ1) is 22.6. The van der Waals surface area contributed by atoms with Crippen LogP contribution in [0.4, 0.5) is 0 Å². The average Bonchev–Trinajstić information content (AvgIpc) is 2.83. The first-order valence-electron chi connectivity index (χ1n) is 10.6. The SMILES string of the molecule is O=C(O)[C@H](Cc1ccccc1)NS(=O)(=O)c1cccc(CCc2ccc3ccccc3n2)c1. The lowest BCUT2D eigenvalue weighted by Gasteiger charge is -2.15. The van der Waals surface area contributed by atoms with Crippen LogP contribution in [0.2, 0.25) is 0 Å². The van der Waals surface area contributed by atoms with E-state index in [1.807, 2.05) is 48.5 Å². The van der Waals surface area contributed by atoms with Gasteiger partial charge in [-0.3, -0.25) is 9.78 Å². The molecule has 1 heterocycles. The quantitative estimate of drug-likeness (QED) is 0.394. The Hall–Kier alpha value is -3.55. The lowest BCUT2D eigenvalue weighted by Crippen LogP contribution is -2.42. The van der Waals surface area contributed by atoms with Crippen molar-refractivity contribution in [2.75, 3.05) is 0 Å². The Morgan fingerprint density at radius 3 is 2.36 bits per heavy atom. The van der Waals surface area contributed by atoms with Gasteiger partial charge in [-0.2, -0.15) is 4.72 Å². The number of sulfonamides is 1. The first-order valence-corrected chi connectivity index (χ1v) is 12.1. The van der Waals surface area contributed by atoms with Gasteiger partial charge >= 0.3 is 5.97 Å². The van der Waals surface area contributed by atoms with Crippen molar-refractivity contribution in [3.8, 4) is 0 Å². The summed E-state index contributed by atoms with van der Waals surface area (Å²) in [5, 5.41) is 10.6. The van der Waals surface area contributed by atoms with Crippen LogP contribution >= 0.6 is 0 Å². The lowest BCUT2D eigenvalue weighted by molar-refractivity contribution is -0.138. The van der Waals surface area contributed by atoms with Crippen molar-refractivity contribution in [2.24, 2.45) is 0 Å². The molecule has 0 radical (unpaired) electrons. The molecule has 0 aliphatic carbocycles. The molecule has 0 aliphatic heterocycles. The standard InChI is InChI=1S/C26H24N2O4S/c29-26(30)25(18-19-7-2-1-3-8-19)28-33(31,32)23-11-6-9-20(17-23)13-15-22-16-14-21-10-4-5-12-24(21)27-22/h1-12,14,16-17,25,28H,13,15,18H2,(H,29,30)/t25-/m0/s1. The fourth-order valence-corrected chi connectivity index (χ4v) is 4.93. The summed E-state index contributed by atoms with van der Waals surface area (Å²) in [5.74, 6) is -1.22. The van der Waals surface area contributed by atoms with Crippen molar-refractivity contribution in [1.29, 1.82) is 0 Å². The smallest absolute Gasteiger partial charge is 0.322 e. The second-order valence-corrected chi connectivity index (χ2v) is 9.56. The van der Waals surface area contributed by atoms with E-state index >= 15 is 0 Å². The number of hydrogen-bond donors (Lipinski definition) is 2. The topological polar surface area (TPSA) is 96.4 Å². The second kappa shape index (κ2) is 9.94. The number of hydrogen-bond acceptors (Lipinski definition) is 4. The van der Waals surface area contributed by atoms with E-state index in [1.165, 1.54) is 6.07 Å². The Kier molecular flexibility index (Phi) is 6.82. The molecule has 4 aromatic rings. The summed E-state index contributed by atoms with van der Waals surface area (Å²) in [5.41, 5.74) is 3.43. The van der Waals surface area contributed by atoms with Gasteiger partial charge in [0.1, 0.15) is 6.04 Å². The van der Waals surface area contributed by atoms with Gasteiger partial charge in [0.2, 0.25) is 10.0 Å². The van der Waals surface area contributed by atoms with Crippen molar-refractivity contribution in [1.82, 2.24) is 9.71 Å². The van der Waals surface area contributed by atoms with E-state index < -0.39 is 22.0 Å². The van der Waals surface area contributed by atoms with Gasteiger partial charge in [-0.15, -0.1) is 0 Å². The van der Waals surface area contributed by atoms with Crippen LogP contribution in [0.5, 0.6) is 0 Å². The number of nitrogens with zero attached hydrogens (tertiary/aromatic N) is 1. The molecule has 33 heavy (non-hydrogen) atoms. The molecule has 0 fully saturated rings. The molecule has 1 atom stereocenters. The number of carboxylic acids is 1. The van der Waals surface area contributed by atoms with E-state index in [1.54, 1.807) is 36.4 Å². The average molecular weight is 461 g/mol. The number of carbonyl (C=O) groups is 1. The van der Waals surface area contributed by atoms with E-state index in [9.17, 15) is 18.3 Å². The van der Waals surface area contributed by atoms with E-state index in [0.29, 0.717) is 12.8 Å². The van der Waals surface area contributed by atoms with Crippen molar-refractivity contribution in [2.45, 2.75) is 30.2 Å². The third-order valence-electron chi connectivity index (χ3n) is 5.41. The number of aromatic nitrogens is 1. The highest BCUT2D eigenvalue weighted by Gasteiger charge is 2.25. The van der Waals surface area contributed by atoms with E-state index in [2.05, 4.69) is 9.71 Å². The predicted molar refractivity (Wildman–Crippen MR) is 127 cm³/mol. The molecule has 6 nitrogen and oxygen atoms in total. The number of para-hydroxylation sites is 1. The molecule has 2 N–H and O–H groups in total. The van der Waals surface area contributed by atoms with Gasteiger partial charge in [-0.1, -0.05) is 66.7 Å². The van der Waals surface area contributed by atoms with Gasteiger partial charge < -0.3 is 5.11 Å². The maximum absolute atomic E-state index is 12.9. The monoisotopic (exact) mass is 460 g/mol. The minimum absolute atomic E-state index is 0.0470. The van der Waals surface area contributed by atoms with Crippen molar-refractivity contribution in [3.05, 3.63) is 108 Å². The van der Waals surface area contributed by atoms with E-state index in [0.717, 1.165) is 27.7 Å². The molecular formula is C26H24N2O4S. The zero-order chi connectivity index (χ0) is 23.3. The molecule has 0 unspecified atom stereocenters. The highest BCUT2D eigenvalue weighted by atomic mass is 32.2. The number of benzene rings is 3. The lowest BCUT2D eigenvalue weighted by atomic mass is 10.1. The molecule has 168 valence electrons. The van der Waals surface area contributed by atoms with E-state index in [4.69, 9.17) is 0 Å². The van der Waals surface area contributed by atoms with Crippen molar-refractivity contribution in [3.63, 3.8) is 0 Å². The Bertz CT molecular complexity index is 1370. The molecule has 0 saturated heterocycles. The number of nitrogens with one attached hydrogen (secondary N) is 1. The summed E-state index contributed by atoms with van der Waals surface area (Å²) in [4.78, 5) is 16.4. The summed E-state index contributed by atoms with van der Waals surface area (Å²) < 4.78 is 28.2. The summed E-state index contributed by atoms with van der Waals surface area (Å²) in [7, 11) is -4.01. The highest BCUT2D eigenvalue weighted by molar-refractivity contribution is 7.89. The predicted octanol–water partition coefficient (Wildman–Crippen LogP) is 3.99. The maximum Gasteiger partial charge on any atom is 0.322 e. The molecule has 0 saturated carbocycles. The van der Waals surface area contributed by atoms with Crippen LogP contribution in [-0.2, 0) is 34.1 Å². The third-order valence-corrected chi connectivity index (χ3v) is 6.88. The van der Waals surface area contributed by atoms with Gasteiger partial charge in [-0.25, -0.2) is 8.42 Å². The second-order valence-electron chi connectivity index (χ2n) is 7.84. The summed E-state index contributed by atoms with van der Waals surface area (Å²) in [6.07, 6.45) is 1.33. The van der Waals surface area contributed by atoms with Crippen LogP contribution in [-0.4, -0.2) is 30.5 Å². The normalized spacial score (nSPS) is 12.5. The molecule has 4 rings (SSSR count). The zero-order valence-electron chi connectivity index (χ0n) is 17.9.